The number of carbonyl (C=O) groups excluding carboxylic acids is 1. The fraction of sp³-hybridized carbons (Fsp3) is 0.308. The highest BCUT2D eigenvalue weighted by molar-refractivity contribution is 6.67. The van der Waals surface area contributed by atoms with Gasteiger partial charge in [0.1, 0.15) is 6.20 Å². The summed E-state index contributed by atoms with van der Waals surface area (Å²) in [5.74, 6) is -0.675. The summed E-state index contributed by atoms with van der Waals surface area (Å²) in [6.45, 7) is 0. The molecule has 3 aromatic rings. The van der Waals surface area contributed by atoms with Crippen LogP contribution in [0, 0.1) is 16.2 Å². The fourth-order valence-corrected chi connectivity index (χ4v) is 3.31. The molecule has 0 aliphatic heterocycles. The second-order valence-electron chi connectivity index (χ2n) is 5.81. The molecule has 0 radical (unpaired) electrons. The van der Waals surface area contributed by atoms with Crippen molar-refractivity contribution in [3.8, 4) is 6.01 Å². The standard InChI is InChI=1S/C13H11Cl3FN9O4/c1-23-5(26(28)29)3-19-11(23)30-12(27)24(2)9(13(14,15)16)25-4-20-6-7(18)21-10(17)22-8(6)25/h3-4,9H,1-2H3,(H2,18,21,22). The molecule has 3 rings (SSSR count). The van der Waals surface area contributed by atoms with E-state index in [1.54, 1.807) is 0 Å². The van der Waals surface area contributed by atoms with Crippen LogP contribution in [-0.4, -0.2) is 55.8 Å². The minimum absolute atomic E-state index is 0.0112. The van der Waals surface area contributed by atoms with Crippen molar-refractivity contribution in [1.82, 2.24) is 34.0 Å². The number of alkyl halides is 3. The Morgan fingerprint density at radius 2 is 2.07 bits per heavy atom. The van der Waals surface area contributed by atoms with Crippen LogP contribution in [0.5, 0.6) is 6.01 Å². The Balaban J connectivity index is 1.99. The Kier molecular flexibility index (Phi) is 5.58. The van der Waals surface area contributed by atoms with Crippen LogP contribution in [0.2, 0.25) is 0 Å². The van der Waals surface area contributed by atoms with E-state index in [1.807, 2.05) is 0 Å². The van der Waals surface area contributed by atoms with E-state index >= 15 is 0 Å². The summed E-state index contributed by atoms with van der Waals surface area (Å²) < 4.78 is 18.6. The van der Waals surface area contributed by atoms with E-state index < -0.39 is 32.9 Å². The number of carbonyl (C=O) groups is 1. The zero-order chi connectivity index (χ0) is 22.4. The molecule has 1 unspecified atom stereocenters. The van der Waals surface area contributed by atoms with E-state index in [0.29, 0.717) is 0 Å². The van der Waals surface area contributed by atoms with Gasteiger partial charge in [0.05, 0.1) is 13.4 Å². The SMILES string of the molecule is CN(C(=O)Oc1ncc([N+](=O)[O-])n1C)C(n1cnc2c(N)nc(F)nc21)C(Cl)(Cl)Cl. The first-order valence-electron chi connectivity index (χ1n) is 7.74. The zero-order valence-electron chi connectivity index (χ0n) is 15.0. The second kappa shape index (κ2) is 7.70. The number of anilines is 1. The molecule has 0 aliphatic carbocycles. The summed E-state index contributed by atoms with van der Waals surface area (Å²) in [7, 11) is 2.48. The van der Waals surface area contributed by atoms with Gasteiger partial charge in [0, 0.05) is 7.05 Å². The molecular weight excluding hydrogens is 472 g/mol. The molecule has 0 spiro atoms. The quantitative estimate of drug-likeness (QED) is 0.254. The number of aromatic nitrogens is 6. The molecule has 0 saturated carbocycles. The number of imidazole rings is 2. The third kappa shape index (κ3) is 3.88. The molecular formula is C13H11Cl3FN9O4. The van der Waals surface area contributed by atoms with Gasteiger partial charge < -0.3 is 20.6 Å². The van der Waals surface area contributed by atoms with Gasteiger partial charge in [-0.2, -0.15) is 23.9 Å². The summed E-state index contributed by atoms with van der Waals surface area (Å²) in [5, 5.41) is 10.9. The maximum absolute atomic E-state index is 13.7. The number of fused-ring (bicyclic) bond motifs is 1. The van der Waals surface area contributed by atoms with Crippen LogP contribution in [0.4, 0.5) is 20.8 Å². The molecule has 2 N–H and O–H groups in total. The number of amides is 1. The van der Waals surface area contributed by atoms with Gasteiger partial charge in [0.15, 0.2) is 23.1 Å². The van der Waals surface area contributed by atoms with Crippen molar-refractivity contribution in [2.75, 3.05) is 12.8 Å². The Morgan fingerprint density at radius 3 is 2.63 bits per heavy atom. The van der Waals surface area contributed by atoms with Crippen LogP contribution in [0.3, 0.4) is 0 Å². The van der Waals surface area contributed by atoms with Crippen LogP contribution < -0.4 is 10.5 Å². The minimum Gasteiger partial charge on any atom is -0.382 e. The predicted molar refractivity (Wildman–Crippen MR) is 103 cm³/mol. The average molecular weight is 483 g/mol. The molecule has 3 heterocycles. The predicted octanol–water partition coefficient (Wildman–Crippen LogP) is 2.19. The molecule has 30 heavy (non-hydrogen) atoms. The zero-order valence-corrected chi connectivity index (χ0v) is 17.3. The number of ether oxygens (including phenoxy) is 1. The van der Waals surface area contributed by atoms with Gasteiger partial charge in [-0.05, 0) is 4.92 Å². The number of nitro groups is 1. The minimum atomic E-state index is -2.18. The van der Waals surface area contributed by atoms with Crippen molar-refractivity contribution >= 4 is 63.7 Å². The summed E-state index contributed by atoms with van der Waals surface area (Å²) in [4.78, 5) is 38.2. The highest BCUT2D eigenvalue weighted by Crippen LogP contribution is 2.41. The van der Waals surface area contributed by atoms with Gasteiger partial charge in [0.25, 0.3) is 0 Å². The average Bonchev–Trinajstić information content (AvgIpc) is 3.18. The van der Waals surface area contributed by atoms with E-state index in [4.69, 9.17) is 45.3 Å². The number of halogens is 4. The largest absolute Gasteiger partial charge is 0.420 e. The summed E-state index contributed by atoms with van der Waals surface area (Å²) in [6.07, 6.45) is -1.67. The lowest BCUT2D eigenvalue weighted by Gasteiger charge is -2.32. The summed E-state index contributed by atoms with van der Waals surface area (Å²) >= 11 is 18.1. The van der Waals surface area contributed by atoms with Gasteiger partial charge in [-0.3, -0.25) is 9.47 Å². The van der Waals surface area contributed by atoms with E-state index in [2.05, 4.69) is 19.9 Å². The molecule has 0 aliphatic rings. The lowest BCUT2D eigenvalue weighted by atomic mass is 10.4. The summed E-state index contributed by atoms with van der Waals surface area (Å²) in [5.41, 5.74) is 5.49. The van der Waals surface area contributed by atoms with Crippen molar-refractivity contribution in [1.29, 1.82) is 0 Å². The first-order valence-corrected chi connectivity index (χ1v) is 8.88. The highest BCUT2D eigenvalue weighted by Gasteiger charge is 2.42. The molecule has 0 bridgehead atoms. The third-order valence-corrected chi connectivity index (χ3v) is 4.50. The summed E-state index contributed by atoms with van der Waals surface area (Å²) in [6, 6.07) is -0.380. The number of nitrogens with zero attached hydrogens (tertiary/aromatic N) is 8. The molecule has 1 atom stereocenters. The van der Waals surface area contributed by atoms with Gasteiger partial charge in [-0.15, -0.1) is 0 Å². The Morgan fingerprint density at radius 1 is 1.40 bits per heavy atom. The third-order valence-electron chi connectivity index (χ3n) is 3.92. The Hall–Kier alpha value is -2.97. The van der Waals surface area contributed by atoms with Crippen LogP contribution in [0.15, 0.2) is 12.5 Å². The van der Waals surface area contributed by atoms with Crippen molar-refractivity contribution in [2.45, 2.75) is 9.96 Å². The molecule has 3 aromatic heterocycles. The fourth-order valence-electron chi connectivity index (χ4n) is 2.55. The molecule has 1 amide bonds. The van der Waals surface area contributed by atoms with Crippen molar-refractivity contribution in [3.05, 3.63) is 28.7 Å². The highest BCUT2D eigenvalue weighted by atomic mass is 35.6. The lowest BCUT2D eigenvalue weighted by molar-refractivity contribution is -0.391. The maximum atomic E-state index is 13.7. The maximum Gasteiger partial charge on any atom is 0.420 e. The normalized spacial score (nSPS) is 12.7. The van der Waals surface area contributed by atoms with Gasteiger partial charge in [0.2, 0.25) is 3.79 Å². The van der Waals surface area contributed by atoms with Gasteiger partial charge >= 0.3 is 24.0 Å². The van der Waals surface area contributed by atoms with Crippen LogP contribution >= 0.6 is 34.8 Å². The monoisotopic (exact) mass is 481 g/mol. The van der Waals surface area contributed by atoms with Crippen molar-refractivity contribution in [2.24, 2.45) is 7.05 Å². The smallest absolute Gasteiger partial charge is 0.382 e. The van der Waals surface area contributed by atoms with E-state index in [9.17, 15) is 19.3 Å². The van der Waals surface area contributed by atoms with E-state index in [-0.39, 0.29) is 23.0 Å². The molecule has 0 saturated heterocycles. The molecule has 160 valence electrons. The Bertz CT molecular complexity index is 1150. The number of hydrogen-bond acceptors (Lipinski definition) is 9. The molecule has 0 fully saturated rings. The van der Waals surface area contributed by atoms with Gasteiger partial charge in [-0.25, -0.2) is 9.78 Å². The number of nitrogens with two attached hydrogens (primary N) is 1. The first-order chi connectivity index (χ1) is 13.9. The van der Waals surface area contributed by atoms with Crippen molar-refractivity contribution in [3.63, 3.8) is 0 Å². The Labute approximate surface area is 181 Å². The van der Waals surface area contributed by atoms with Crippen LogP contribution in [-0.2, 0) is 7.05 Å². The lowest BCUT2D eigenvalue weighted by Crippen LogP contribution is -2.43. The number of nitrogen functional groups attached to an aromatic ring is 1. The topological polar surface area (TPSA) is 160 Å². The molecule has 0 aromatic carbocycles. The van der Waals surface area contributed by atoms with Crippen LogP contribution in [0.1, 0.15) is 6.17 Å². The van der Waals surface area contributed by atoms with Crippen molar-refractivity contribution < 1.29 is 18.8 Å². The van der Waals surface area contributed by atoms with E-state index in [1.165, 1.54) is 14.1 Å². The van der Waals surface area contributed by atoms with Gasteiger partial charge in [-0.1, -0.05) is 34.8 Å². The molecule has 13 nitrogen and oxygen atoms in total. The first kappa shape index (κ1) is 21.7. The number of rotatable bonds is 4. The second-order valence-corrected chi connectivity index (χ2v) is 8.18. The molecule has 17 heteroatoms. The van der Waals surface area contributed by atoms with E-state index in [0.717, 1.165) is 26.6 Å². The van der Waals surface area contributed by atoms with Crippen LogP contribution in [0.25, 0.3) is 11.2 Å². The number of hydrogen-bond donors (Lipinski definition) is 1.